The SMILES string of the molecule is CC(C)C(C(=O)O)C1C=CC(Cl)(C#N)C(Cc2ccccc2Oc2ccccc2)=C1. The third-order valence-electron chi connectivity index (χ3n) is 5.31. The van der Waals surface area contributed by atoms with Crippen LogP contribution in [0.4, 0.5) is 0 Å². The molecular weight excluding hydrogens is 398 g/mol. The number of carbonyl (C=O) groups is 1. The number of alkyl halides is 1. The molecule has 0 spiro atoms. The van der Waals surface area contributed by atoms with E-state index in [1.807, 2.05) is 74.5 Å². The van der Waals surface area contributed by atoms with Crippen molar-refractivity contribution in [2.45, 2.75) is 25.1 Å². The molecule has 0 aliphatic heterocycles. The third kappa shape index (κ3) is 4.75. The molecule has 1 N–H and O–H groups in total. The summed E-state index contributed by atoms with van der Waals surface area (Å²) in [6.45, 7) is 3.77. The van der Waals surface area contributed by atoms with Gasteiger partial charge in [-0.25, -0.2) is 0 Å². The smallest absolute Gasteiger partial charge is 0.307 e. The molecule has 0 amide bonds. The minimum atomic E-state index is -1.31. The first-order chi connectivity index (χ1) is 14.3. The van der Waals surface area contributed by atoms with Crippen LogP contribution in [0.25, 0.3) is 0 Å². The lowest BCUT2D eigenvalue weighted by atomic mass is 9.76. The largest absolute Gasteiger partial charge is 0.481 e. The van der Waals surface area contributed by atoms with E-state index in [1.54, 1.807) is 12.2 Å². The Kier molecular flexibility index (Phi) is 6.64. The van der Waals surface area contributed by atoms with E-state index in [0.717, 1.165) is 5.56 Å². The molecule has 2 aromatic carbocycles. The van der Waals surface area contributed by atoms with Crippen molar-refractivity contribution in [1.82, 2.24) is 0 Å². The fraction of sp³-hybridized carbons (Fsp3) is 0.280. The molecule has 0 saturated carbocycles. The number of nitrogens with zero attached hydrogens (tertiary/aromatic N) is 1. The molecule has 0 fully saturated rings. The van der Waals surface area contributed by atoms with Gasteiger partial charge in [0.25, 0.3) is 0 Å². The number of allylic oxidation sites excluding steroid dienone is 4. The maximum absolute atomic E-state index is 11.8. The van der Waals surface area contributed by atoms with Crippen molar-refractivity contribution in [3.63, 3.8) is 0 Å². The average Bonchev–Trinajstić information content (AvgIpc) is 2.72. The summed E-state index contributed by atoms with van der Waals surface area (Å²) >= 11 is 6.61. The van der Waals surface area contributed by atoms with Crippen molar-refractivity contribution in [2.24, 2.45) is 17.8 Å². The Bertz CT molecular complexity index is 1010. The maximum Gasteiger partial charge on any atom is 0.307 e. The number of halogens is 1. The lowest BCUT2D eigenvalue weighted by Gasteiger charge is -2.30. The van der Waals surface area contributed by atoms with Gasteiger partial charge in [-0.3, -0.25) is 4.79 Å². The molecular formula is C25H24ClNO3. The normalized spacial score (nSPS) is 21.6. The summed E-state index contributed by atoms with van der Waals surface area (Å²) < 4.78 is 6.04. The first-order valence-electron chi connectivity index (χ1n) is 9.88. The number of benzene rings is 2. The van der Waals surface area contributed by atoms with Gasteiger partial charge in [-0.05, 0) is 41.3 Å². The molecule has 3 unspecified atom stereocenters. The van der Waals surface area contributed by atoms with Gasteiger partial charge < -0.3 is 9.84 Å². The quantitative estimate of drug-likeness (QED) is 0.440. The summed E-state index contributed by atoms with van der Waals surface area (Å²) in [6.07, 6.45) is 5.58. The second kappa shape index (κ2) is 9.19. The van der Waals surface area contributed by atoms with Crippen LogP contribution in [0.15, 0.2) is 78.4 Å². The molecule has 0 aromatic heterocycles. The second-order valence-electron chi connectivity index (χ2n) is 7.76. The van der Waals surface area contributed by atoms with Crippen molar-refractivity contribution in [2.75, 3.05) is 0 Å². The van der Waals surface area contributed by atoms with Crippen LogP contribution in [0.3, 0.4) is 0 Å². The minimum Gasteiger partial charge on any atom is -0.481 e. The Balaban J connectivity index is 1.95. The first-order valence-corrected chi connectivity index (χ1v) is 10.3. The molecule has 3 atom stereocenters. The lowest BCUT2D eigenvalue weighted by Crippen LogP contribution is -2.32. The number of rotatable bonds is 7. The predicted molar refractivity (Wildman–Crippen MR) is 118 cm³/mol. The average molecular weight is 422 g/mol. The van der Waals surface area contributed by atoms with E-state index in [-0.39, 0.29) is 11.8 Å². The van der Waals surface area contributed by atoms with Gasteiger partial charge in [-0.1, -0.05) is 74.0 Å². The number of nitriles is 1. The van der Waals surface area contributed by atoms with Crippen molar-refractivity contribution in [1.29, 1.82) is 5.26 Å². The van der Waals surface area contributed by atoms with Crippen LogP contribution in [0, 0.1) is 29.1 Å². The first kappa shape index (κ1) is 21.7. The van der Waals surface area contributed by atoms with Crippen LogP contribution in [-0.2, 0) is 11.2 Å². The van der Waals surface area contributed by atoms with Gasteiger partial charge >= 0.3 is 5.97 Å². The predicted octanol–water partition coefficient (Wildman–Crippen LogP) is 5.99. The summed E-state index contributed by atoms with van der Waals surface area (Å²) in [7, 11) is 0. The molecule has 0 bridgehead atoms. The zero-order valence-electron chi connectivity index (χ0n) is 17.0. The molecule has 1 aliphatic rings. The monoisotopic (exact) mass is 421 g/mol. The molecule has 0 saturated heterocycles. The summed E-state index contributed by atoms with van der Waals surface area (Å²) in [5.41, 5.74) is 1.54. The highest BCUT2D eigenvalue weighted by Crippen LogP contribution is 2.39. The molecule has 5 heteroatoms. The second-order valence-corrected chi connectivity index (χ2v) is 8.36. The van der Waals surface area contributed by atoms with Crippen molar-refractivity contribution < 1.29 is 14.6 Å². The molecule has 2 aromatic rings. The van der Waals surface area contributed by atoms with Gasteiger partial charge in [-0.15, -0.1) is 0 Å². The maximum atomic E-state index is 11.8. The molecule has 0 heterocycles. The molecule has 154 valence electrons. The van der Waals surface area contributed by atoms with E-state index in [9.17, 15) is 15.2 Å². The number of aliphatic carboxylic acids is 1. The third-order valence-corrected chi connectivity index (χ3v) is 5.77. The van der Waals surface area contributed by atoms with Crippen LogP contribution in [0.5, 0.6) is 11.5 Å². The highest BCUT2D eigenvalue weighted by Gasteiger charge is 2.37. The Morgan fingerprint density at radius 2 is 1.87 bits per heavy atom. The molecule has 4 nitrogen and oxygen atoms in total. The molecule has 1 aliphatic carbocycles. The van der Waals surface area contributed by atoms with Gasteiger partial charge in [-0.2, -0.15) is 5.26 Å². The summed E-state index contributed by atoms with van der Waals surface area (Å²) in [4.78, 5) is 10.5. The Morgan fingerprint density at radius 1 is 1.20 bits per heavy atom. The fourth-order valence-corrected chi connectivity index (χ4v) is 3.95. The van der Waals surface area contributed by atoms with Crippen LogP contribution >= 0.6 is 11.6 Å². The fourth-order valence-electron chi connectivity index (χ4n) is 3.74. The van der Waals surface area contributed by atoms with Gasteiger partial charge in [0.05, 0.1) is 12.0 Å². The van der Waals surface area contributed by atoms with Crippen molar-refractivity contribution in [3.8, 4) is 17.6 Å². The zero-order valence-corrected chi connectivity index (χ0v) is 17.7. The number of hydrogen-bond acceptors (Lipinski definition) is 3. The van der Waals surface area contributed by atoms with Crippen molar-refractivity contribution in [3.05, 3.63) is 84.0 Å². The number of hydrogen-bond donors (Lipinski definition) is 1. The van der Waals surface area contributed by atoms with Crippen LogP contribution < -0.4 is 4.74 Å². The summed E-state index contributed by atoms with van der Waals surface area (Å²) in [6, 6.07) is 19.2. The van der Waals surface area contributed by atoms with Gasteiger partial charge in [0.15, 0.2) is 4.87 Å². The molecule has 30 heavy (non-hydrogen) atoms. The topological polar surface area (TPSA) is 70.3 Å². The number of ether oxygens (including phenoxy) is 1. The van der Waals surface area contributed by atoms with E-state index in [0.29, 0.717) is 23.5 Å². The van der Waals surface area contributed by atoms with Crippen LogP contribution in [0.2, 0.25) is 0 Å². The van der Waals surface area contributed by atoms with Gasteiger partial charge in [0.1, 0.15) is 11.5 Å². The highest BCUT2D eigenvalue weighted by molar-refractivity contribution is 6.29. The number of carboxylic acid groups (broad SMARTS) is 1. The number of para-hydroxylation sites is 2. The molecule has 0 radical (unpaired) electrons. The van der Waals surface area contributed by atoms with E-state index in [4.69, 9.17) is 16.3 Å². The standard InChI is InChI=1S/C25H24ClNO3/c1-17(2)23(24(28)29)19-12-13-25(26,16-27)20(15-19)14-18-8-6-7-11-22(18)30-21-9-4-3-5-10-21/h3-13,15,17,19,23H,14H2,1-2H3,(H,28,29). The number of carboxylic acids is 1. The van der Waals surface area contributed by atoms with E-state index < -0.39 is 16.8 Å². The Labute approximate surface area is 182 Å². The van der Waals surface area contributed by atoms with E-state index in [2.05, 4.69) is 6.07 Å². The lowest BCUT2D eigenvalue weighted by molar-refractivity contribution is -0.144. The van der Waals surface area contributed by atoms with Crippen LogP contribution in [0.1, 0.15) is 19.4 Å². The zero-order chi connectivity index (χ0) is 21.7. The van der Waals surface area contributed by atoms with E-state index in [1.165, 1.54) is 0 Å². The van der Waals surface area contributed by atoms with E-state index >= 15 is 0 Å². The van der Waals surface area contributed by atoms with Crippen LogP contribution in [-0.4, -0.2) is 16.0 Å². The minimum absolute atomic E-state index is 0.0618. The summed E-state index contributed by atoms with van der Waals surface area (Å²) in [5, 5.41) is 19.4. The Hall–Kier alpha value is -3.03. The summed E-state index contributed by atoms with van der Waals surface area (Å²) in [5.74, 6) is -0.461. The van der Waals surface area contributed by atoms with Crippen molar-refractivity contribution >= 4 is 17.6 Å². The highest BCUT2D eigenvalue weighted by atomic mass is 35.5. The Morgan fingerprint density at radius 3 is 2.50 bits per heavy atom. The van der Waals surface area contributed by atoms with Gasteiger partial charge in [0, 0.05) is 12.3 Å². The molecule has 3 rings (SSSR count). The van der Waals surface area contributed by atoms with Gasteiger partial charge in [0.2, 0.25) is 0 Å².